The van der Waals surface area contributed by atoms with Crippen molar-refractivity contribution in [1.82, 2.24) is 15.1 Å². The first-order valence-corrected chi connectivity index (χ1v) is 8.89. The molecule has 1 aliphatic heterocycles. The second kappa shape index (κ2) is 8.92. The van der Waals surface area contributed by atoms with Crippen LogP contribution in [-0.4, -0.2) is 55.5 Å². The van der Waals surface area contributed by atoms with E-state index >= 15 is 0 Å². The highest BCUT2D eigenvalue weighted by Gasteiger charge is 2.21. The Morgan fingerprint density at radius 2 is 2.04 bits per heavy atom. The van der Waals surface area contributed by atoms with Gasteiger partial charge in [0.1, 0.15) is 0 Å². The van der Waals surface area contributed by atoms with Crippen LogP contribution >= 0.6 is 0 Å². The lowest BCUT2D eigenvalue weighted by molar-refractivity contribution is 0.343. The van der Waals surface area contributed by atoms with Crippen molar-refractivity contribution in [3.8, 4) is 0 Å². The third kappa shape index (κ3) is 5.54. The molecule has 0 aliphatic carbocycles. The zero-order valence-electron chi connectivity index (χ0n) is 15.2. The number of guanidine groups is 1. The number of rotatable bonds is 6. The molecule has 4 heteroatoms. The molecular formula is C19H32N4. The third-order valence-electron chi connectivity index (χ3n) is 4.55. The average molecular weight is 316 g/mol. The summed E-state index contributed by atoms with van der Waals surface area (Å²) in [4.78, 5) is 9.62. The Hall–Kier alpha value is -1.55. The average Bonchev–Trinajstić information content (AvgIpc) is 3.01. The smallest absolute Gasteiger partial charge is 0.193 e. The molecule has 1 atom stereocenters. The lowest BCUT2D eigenvalue weighted by Crippen LogP contribution is -2.39. The van der Waals surface area contributed by atoms with Crippen molar-refractivity contribution in [1.29, 1.82) is 0 Å². The van der Waals surface area contributed by atoms with Crippen LogP contribution in [0.5, 0.6) is 0 Å². The van der Waals surface area contributed by atoms with E-state index < -0.39 is 0 Å². The van der Waals surface area contributed by atoms with Crippen LogP contribution in [0.25, 0.3) is 0 Å². The van der Waals surface area contributed by atoms with E-state index in [1.54, 1.807) is 0 Å². The van der Waals surface area contributed by atoms with E-state index in [2.05, 4.69) is 67.2 Å². The van der Waals surface area contributed by atoms with Gasteiger partial charge in [0.2, 0.25) is 0 Å². The van der Waals surface area contributed by atoms with Crippen molar-refractivity contribution in [2.24, 2.45) is 10.9 Å². The standard InChI is InChI=1S/C19H32N4/c1-5-20-19(21-13-18-11-12-23(6-2)15-18)22(4)14-17-9-7-16(3)8-10-17/h7-10,18H,5-6,11-15H2,1-4H3,(H,20,21). The Labute approximate surface area is 141 Å². The van der Waals surface area contributed by atoms with Gasteiger partial charge in [-0.2, -0.15) is 0 Å². The molecule has 1 aromatic carbocycles. The Kier molecular flexibility index (Phi) is 6.90. The van der Waals surface area contributed by atoms with E-state index in [9.17, 15) is 0 Å². The van der Waals surface area contributed by atoms with Gasteiger partial charge in [-0.25, -0.2) is 0 Å². The highest BCUT2D eigenvalue weighted by molar-refractivity contribution is 5.79. The van der Waals surface area contributed by atoms with Gasteiger partial charge in [0.15, 0.2) is 5.96 Å². The van der Waals surface area contributed by atoms with E-state index in [0.717, 1.165) is 32.1 Å². The SMILES string of the molecule is CCNC(=NCC1CCN(CC)C1)N(C)Cc1ccc(C)cc1. The van der Waals surface area contributed by atoms with Crippen LogP contribution in [0.4, 0.5) is 0 Å². The highest BCUT2D eigenvalue weighted by atomic mass is 15.3. The molecule has 1 saturated heterocycles. The van der Waals surface area contributed by atoms with Gasteiger partial charge in [-0.3, -0.25) is 4.99 Å². The monoisotopic (exact) mass is 316 g/mol. The van der Waals surface area contributed by atoms with Gasteiger partial charge in [0, 0.05) is 33.2 Å². The predicted octanol–water partition coefficient (Wildman–Crippen LogP) is 2.73. The molecule has 0 radical (unpaired) electrons. The molecule has 1 N–H and O–H groups in total. The van der Waals surface area contributed by atoms with Crippen molar-refractivity contribution in [2.75, 3.05) is 39.8 Å². The zero-order chi connectivity index (χ0) is 16.7. The van der Waals surface area contributed by atoms with Crippen LogP contribution in [0.15, 0.2) is 29.3 Å². The normalized spacial score (nSPS) is 19.1. The van der Waals surface area contributed by atoms with Gasteiger partial charge in [0.25, 0.3) is 0 Å². The summed E-state index contributed by atoms with van der Waals surface area (Å²) in [6.07, 6.45) is 1.28. The molecule has 0 saturated carbocycles. The first-order chi connectivity index (χ1) is 11.1. The second-order valence-corrected chi connectivity index (χ2v) is 6.58. The summed E-state index contributed by atoms with van der Waals surface area (Å²) >= 11 is 0. The predicted molar refractivity (Wildman–Crippen MR) is 98.8 cm³/mol. The van der Waals surface area contributed by atoms with Crippen molar-refractivity contribution in [2.45, 2.75) is 33.7 Å². The Bertz CT molecular complexity index is 495. The summed E-state index contributed by atoms with van der Waals surface area (Å²) in [6, 6.07) is 8.74. The van der Waals surface area contributed by atoms with Gasteiger partial charge < -0.3 is 15.1 Å². The number of aryl methyl sites for hydroxylation is 1. The summed E-state index contributed by atoms with van der Waals surface area (Å²) < 4.78 is 0. The molecule has 0 aromatic heterocycles. The van der Waals surface area contributed by atoms with Crippen LogP contribution in [0.1, 0.15) is 31.4 Å². The molecule has 0 spiro atoms. The Morgan fingerprint density at radius 1 is 1.30 bits per heavy atom. The molecule has 0 bridgehead atoms. The minimum atomic E-state index is 0.705. The number of hydrogen-bond acceptors (Lipinski definition) is 2. The van der Waals surface area contributed by atoms with Crippen molar-refractivity contribution in [3.63, 3.8) is 0 Å². The fourth-order valence-electron chi connectivity index (χ4n) is 3.08. The molecule has 23 heavy (non-hydrogen) atoms. The van der Waals surface area contributed by atoms with E-state index in [4.69, 9.17) is 4.99 Å². The summed E-state index contributed by atoms with van der Waals surface area (Å²) in [7, 11) is 2.12. The highest BCUT2D eigenvalue weighted by Crippen LogP contribution is 2.16. The minimum Gasteiger partial charge on any atom is -0.357 e. The summed E-state index contributed by atoms with van der Waals surface area (Å²) in [5.41, 5.74) is 2.63. The lowest BCUT2D eigenvalue weighted by atomic mass is 10.1. The number of hydrogen-bond donors (Lipinski definition) is 1. The number of nitrogens with zero attached hydrogens (tertiary/aromatic N) is 3. The number of benzene rings is 1. The zero-order valence-corrected chi connectivity index (χ0v) is 15.2. The van der Waals surface area contributed by atoms with Crippen molar-refractivity contribution in [3.05, 3.63) is 35.4 Å². The second-order valence-electron chi connectivity index (χ2n) is 6.58. The van der Waals surface area contributed by atoms with E-state index in [1.807, 2.05) is 0 Å². The fraction of sp³-hybridized carbons (Fsp3) is 0.632. The first kappa shape index (κ1) is 17.8. The maximum Gasteiger partial charge on any atom is 0.193 e. The topological polar surface area (TPSA) is 30.9 Å². The first-order valence-electron chi connectivity index (χ1n) is 8.89. The Morgan fingerprint density at radius 3 is 2.65 bits per heavy atom. The number of likely N-dealkylation sites (tertiary alicyclic amines) is 1. The van der Waals surface area contributed by atoms with Crippen molar-refractivity contribution < 1.29 is 0 Å². The van der Waals surface area contributed by atoms with E-state index in [0.29, 0.717) is 5.92 Å². The Balaban J connectivity index is 1.93. The van der Waals surface area contributed by atoms with Crippen molar-refractivity contribution >= 4 is 5.96 Å². The molecule has 1 aliphatic rings. The molecule has 1 heterocycles. The molecule has 128 valence electrons. The van der Waals surface area contributed by atoms with Crippen LogP contribution in [0, 0.1) is 12.8 Å². The molecule has 2 rings (SSSR count). The summed E-state index contributed by atoms with van der Waals surface area (Å²) in [6.45, 7) is 12.8. The van der Waals surface area contributed by atoms with E-state index in [-0.39, 0.29) is 0 Å². The third-order valence-corrected chi connectivity index (χ3v) is 4.55. The van der Waals surface area contributed by atoms with Gasteiger partial charge in [-0.1, -0.05) is 36.8 Å². The molecule has 1 unspecified atom stereocenters. The van der Waals surface area contributed by atoms with Gasteiger partial charge >= 0.3 is 0 Å². The number of nitrogens with one attached hydrogen (secondary N) is 1. The fourth-order valence-corrected chi connectivity index (χ4v) is 3.08. The van der Waals surface area contributed by atoms with Crippen LogP contribution in [0.3, 0.4) is 0 Å². The van der Waals surface area contributed by atoms with Crippen LogP contribution in [-0.2, 0) is 6.54 Å². The molecule has 0 amide bonds. The number of aliphatic imine (C=N–C) groups is 1. The summed E-state index contributed by atoms with van der Waals surface area (Å²) in [5, 5.41) is 3.43. The van der Waals surface area contributed by atoms with Gasteiger partial charge in [-0.05, 0) is 44.8 Å². The van der Waals surface area contributed by atoms with Gasteiger partial charge in [0.05, 0.1) is 0 Å². The molecule has 1 fully saturated rings. The summed E-state index contributed by atoms with van der Waals surface area (Å²) in [5.74, 6) is 1.72. The van der Waals surface area contributed by atoms with Gasteiger partial charge in [-0.15, -0.1) is 0 Å². The largest absolute Gasteiger partial charge is 0.357 e. The van der Waals surface area contributed by atoms with Crippen LogP contribution < -0.4 is 5.32 Å². The molecule has 4 nitrogen and oxygen atoms in total. The maximum atomic E-state index is 4.88. The van der Waals surface area contributed by atoms with Crippen LogP contribution in [0.2, 0.25) is 0 Å². The lowest BCUT2D eigenvalue weighted by Gasteiger charge is -2.23. The van der Waals surface area contributed by atoms with E-state index in [1.165, 1.54) is 30.6 Å². The molecule has 1 aromatic rings. The maximum absolute atomic E-state index is 4.88. The quantitative estimate of drug-likeness (QED) is 0.647. The molecular weight excluding hydrogens is 284 g/mol. The minimum absolute atomic E-state index is 0.705.